The fourth-order valence-corrected chi connectivity index (χ4v) is 3.47. The van der Waals surface area contributed by atoms with Crippen molar-refractivity contribution in [3.05, 3.63) is 40.3 Å². The molecule has 0 saturated carbocycles. The summed E-state index contributed by atoms with van der Waals surface area (Å²) in [5.41, 5.74) is 1.72. The minimum absolute atomic E-state index is 0.0167. The molecular formula is C13H13NO3S. The van der Waals surface area contributed by atoms with Crippen LogP contribution in [0.25, 0.3) is 0 Å². The summed E-state index contributed by atoms with van der Waals surface area (Å²) in [6.07, 6.45) is 1.64. The number of amides is 1. The Labute approximate surface area is 106 Å². The Hall–Kier alpha value is -1.75. The Balaban J connectivity index is 2.76. The van der Waals surface area contributed by atoms with E-state index in [4.69, 9.17) is 0 Å². The van der Waals surface area contributed by atoms with Gasteiger partial charge in [0, 0.05) is 16.9 Å². The predicted octanol–water partition coefficient (Wildman–Crippen LogP) is 2.24. The second-order valence-corrected chi connectivity index (χ2v) is 6.13. The molecule has 1 aromatic carbocycles. The average molecular weight is 263 g/mol. The first-order valence-corrected chi connectivity index (χ1v) is 7.00. The second-order valence-electron chi connectivity index (χ2n) is 4.33. The first kappa shape index (κ1) is 12.7. The van der Waals surface area contributed by atoms with Crippen molar-refractivity contribution in [3.63, 3.8) is 0 Å². The molecule has 94 valence electrons. The number of rotatable bonds is 1. The maximum absolute atomic E-state index is 11.9. The van der Waals surface area contributed by atoms with Crippen LogP contribution in [0.4, 0.5) is 0 Å². The van der Waals surface area contributed by atoms with Crippen LogP contribution >= 0.6 is 0 Å². The van der Waals surface area contributed by atoms with Gasteiger partial charge in [0.25, 0.3) is 5.91 Å². The first-order valence-electron chi connectivity index (χ1n) is 5.45. The summed E-state index contributed by atoms with van der Waals surface area (Å²) in [5, 5.41) is 1.19. The Bertz CT molecular complexity index is 672. The largest absolute Gasteiger partial charge is 0.276 e. The smallest absolute Gasteiger partial charge is 0.267 e. The molecule has 1 aromatic rings. The summed E-state index contributed by atoms with van der Waals surface area (Å²) < 4.78 is 23.9. The second kappa shape index (κ2) is 4.17. The highest BCUT2D eigenvalue weighted by Crippen LogP contribution is 2.33. The maximum Gasteiger partial charge on any atom is 0.276 e. The number of carbonyl (C=O) groups excluding carboxylic acids is 1. The van der Waals surface area contributed by atoms with Gasteiger partial charge < -0.3 is 0 Å². The van der Waals surface area contributed by atoms with E-state index in [2.05, 4.69) is 11.7 Å². The zero-order valence-electron chi connectivity index (χ0n) is 10.2. The van der Waals surface area contributed by atoms with Crippen LogP contribution in [0.15, 0.2) is 33.5 Å². The van der Waals surface area contributed by atoms with Crippen molar-refractivity contribution in [1.82, 2.24) is 0 Å². The third-order valence-electron chi connectivity index (χ3n) is 3.07. The van der Waals surface area contributed by atoms with Crippen LogP contribution in [0, 0.1) is 6.92 Å². The fourth-order valence-electron chi connectivity index (χ4n) is 2.03. The number of benzene rings is 1. The molecule has 0 saturated heterocycles. The molecule has 5 heteroatoms. The van der Waals surface area contributed by atoms with Gasteiger partial charge in [-0.1, -0.05) is 19.1 Å². The van der Waals surface area contributed by atoms with Gasteiger partial charge in [-0.05, 0) is 30.8 Å². The van der Waals surface area contributed by atoms with Gasteiger partial charge in [0.05, 0.1) is 4.90 Å². The fraction of sp³-hybridized carbons (Fsp3) is 0.231. The van der Waals surface area contributed by atoms with Gasteiger partial charge in [-0.3, -0.25) is 4.79 Å². The number of allylic oxidation sites excluding steroid dienone is 1. The van der Waals surface area contributed by atoms with Crippen LogP contribution in [0.5, 0.6) is 0 Å². The van der Waals surface area contributed by atoms with E-state index in [1.54, 1.807) is 19.1 Å². The molecule has 2 rings (SSSR count). The third kappa shape index (κ3) is 1.90. The molecule has 1 aliphatic heterocycles. The summed E-state index contributed by atoms with van der Waals surface area (Å²) in [6, 6.07) is 3.14. The lowest BCUT2D eigenvalue weighted by Crippen LogP contribution is -2.12. The molecule has 0 spiro atoms. The van der Waals surface area contributed by atoms with E-state index in [1.165, 1.54) is 11.5 Å². The molecule has 1 heterocycles. The molecule has 0 radical (unpaired) electrons. The molecule has 0 aromatic heterocycles. The highest BCUT2D eigenvalue weighted by atomic mass is 32.2. The van der Waals surface area contributed by atoms with Crippen molar-refractivity contribution in [1.29, 1.82) is 0 Å². The van der Waals surface area contributed by atoms with Crippen LogP contribution in [-0.2, 0) is 9.84 Å². The van der Waals surface area contributed by atoms with Crippen LogP contribution < -0.4 is 0 Å². The van der Waals surface area contributed by atoms with Gasteiger partial charge in [0.15, 0.2) is 9.84 Å². The molecule has 0 fully saturated rings. The topological polar surface area (TPSA) is 63.6 Å². The summed E-state index contributed by atoms with van der Waals surface area (Å²) >= 11 is 0. The monoisotopic (exact) mass is 263 g/mol. The lowest BCUT2D eigenvalue weighted by atomic mass is 9.96. The summed E-state index contributed by atoms with van der Waals surface area (Å²) in [7, 11) is -3.45. The molecular weight excluding hydrogens is 250 g/mol. The highest BCUT2D eigenvalue weighted by Gasteiger charge is 2.25. The maximum atomic E-state index is 11.9. The minimum Gasteiger partial charge on any atom is -0.267 e. The predicted molar refractivity (Wildman–Crippen MR) is 69.8 cm³/mol. The number of nitrogens with zero attached hydrogens (tertiary/aromatic N) is 1. The third-order valence-corrected chi connectivity index (χ3v) is 4.56. The Morgan fingerprint density at radius 3 is 2.67 bits per heavy atom. The van der Waals surface area contributed by atoms with E-state index in [1.807, 2.05) is 6.92 Å². The molecule has 1 aliphatic rings. The van der Waals surface area contributed by atoms with Gasteiger partial charge in [-0.25, -0.2) is 13.4 Å². The average Bonchev–Trinajstić information content (AvgIpc) is 2.33. The highest BCUT2D eigenvalue weighted by molar-refractivity contribution is 7.94. The van der Waals surface area contributed by atoms with Gasteiger partial charge in [0.1, 0.15) is 0 Å². The van der Waals surface area contributed by atoms with E-state index in [0.717, 1.165) is 5.56 Å². The molecule has 0 bridgehead atoms. The molecule has 18 heavy (non-hydrogen) atoms. The standard InChI is InChI=1S/C13H13NO3S/c1-8-4-5-18(16,17)12-7-11(13(15)14-3)9(2)6-10(8)12/h4-8H,3H2,1-2H3. The van der Waals surface area contributed by atoms with Crippen LogP contribution in [0.2, 0.25) is 0 Å². The van der Waals surface area contributed by atoms with Crippen molar-refractivity contribution in [3.8, 4) is 0 Å². The van der Waals surface area contributed by atoms with Crippen molar-refractivity contribution < 1.29 is 13.2 Å². The van der Waals surface area contributed by atoms with E-state index < -0.39 is 15.7 Å². The van der Waals surface area contributed by atoms with E-state index in [9.17, 15) is 13.2 Å². The number of sulfone groups is 1. The Kier molecular flexibility index (Phi) is 2.94. The van der Waals surface area contributed by atoms with Gasteiger partial charge in [-0.15, -0.1) is 0 Å². The lowest BCUT2D eigenvalue weighted by molar-refractivity contribution is 0.100. The van der Waals surface area contributed by atoms with E-state index in [-0.39, 0.29) is 16.4 Å². The summed E-state index contributed by atoms with van der Waals surface area (Å²) in [5.74, 6) is -0.490. The minimum atomic E-state index is -3.45. The summed E-state index contributed by atoms with van der Waals surface area (Å²) in [4.78, 5) is 15.1. The number of hydrogen-bond acceptors (Lipinski definition) is 3. The van der Waals surface area contributed by atoms with E-state index in [0.29, 0.717) is 5.56 Å². The Morgan fingerprint density at radius 2 is 2.06 bits per heavy atom. The molecule has 0 aliphatic carbocycles. The number of aryl methyl sites for hydroxylation is 1. The van der Waals surface area contributed by atoms with Crippen LogP contribution in [-0.4, -0.2) is 21.0 Å². The zero-order valence-corrected chi connectivity index (χ0v) is 11.0. The normalized spacial score (nSPS) is 20.2. The van der Waals surface area contributed by atoms with Crippen molar-refractivity contribution in [2.24, 2.45) is 4.99 Å². The van der Waals surface area contributed by atoms with Gasteiger partial charge >= 0.3 is 0 Å². The quantitative estimate of drug-likeness (QED) is 0.730. The first-order chi connectivity index (χ1) is 8.36. The number of carbonyl (C=O) groups is 1. The number of aliphatic imine (C=N–C) groups is 1. The van der Waals surface area contributed by atoms with Crippen LogP contribution in [0.3, 0.4) is 0 Å². The van der Waals surface area contributed by atoms with E-state index >= 15 is 0 Å². The van der Waals surface area contributed by atoms with Crippen molar-refractivity contribution in [2.75, 3.05) is 0 Å². The lowest BCUT2D eigenvalue weighted by Gasteiger charge is -2.19. The molecule has 1 unspecified atom stereocenters. The molecule has 1 amide bonds. The number of fused-ring (bicyclic) bond motifs is 1. The van der Waals surface area contributed by atoms with Gasteiger partial charge in [0.2, 0.25) is 0 Å². The zero-order chi connectivity index (χ0) is 13.5. The van der Waals surface area contributed by atoms with Gasteiger partial charge in [-0.2, -0.15) is 0 Å². The van der Waals surface area contributed by atoms with Crippen molar-refractivity contribution >= 4 is 22.5 Å². The molecule has 4 nitrogen and oxygen atoms in total. The Morgan fingerprint density at radius 1 is 1.39 bits per heavy atom. The summed E-state index contributed by atoms with van der Waals surface area (Å²) in [6.45, 7) is 6.85. The molecule has 0 N–H and O–H groups in total. The SMILES string of the molecule is C=NC(=O)c1cc2c(cc1C)C(C)C=CS2(=O)=O. The number of hydrogen-bond donors (Lipinski definition) is 0. The van der Waals surface area contributed by atoms with Crippen molar-refractivity contribution in [2.45, 2.75) is 24.7 Å². The molecule has 1 atom stereocenters. The van der Waals surface area contributed by atoms with Crippen LogP contribution in [0.1, 0.15) is 34.3 Å².